The number of amides is 1. The van der Waals surface area contributed by atoms with Crippen LogP contribution >= 0.6 is 0 Å². The largest absolute Gasteiger partial charge is 0.379 e. The van der Waals surface area contributed by atoms with Crippen LogP contribution in [-0.2, 0) is 19.6 Å². The number of rotatable bonds is 11. The lowest BCUT2D eigenvalue weighted by Gasteiger charge is -2.24. The standard InChI is InChI=1S/C23H32N2O4S/c1-18(2)20-11-13-21(14-12-20)25(30(27,28)22-9-6-5-7-10-22)17-23(26)24-15-8-16-29-19(3)4/h5-7,9-14,18-19H,8,15-17H2,1-4H3,(H,24,26). The third-order valence-corrected chi connectivity index (χ3v) is 6.35. The van der Waals surface area contributed by atoms with Gasteiger partial charge in [-0.25, -0.2) is 8.42 Å². The van der Waals surface area contributed by atoms with Crippen molar-refractivity contribution < 1.29 is 17.9 Å². The molecule has 0 aliphatic rings. The summed E-state index contributed by atoms with van der Waals surface area (Å²) in [5.74, 6) is -0.0263. The fraction of sp³-hybridized carbons (Fsp3) is 0.435. The Balaban J connectivity index is 2.18. The fourth-order valence-corrected chi connectivity index (χ4v) is 4.31. The Bertz CT molecular complexity index is 895. The number of anilines is 1. The van der Waals surface area contributed by atoms with E-state index in [0.717, 1.165) is 9.87 Å². The van der Waals surface area contributed by atoms with Gasteiger partial charge in [0, 0.05) is 13.2 Å². The first-order chi connectivity index (χ1) is 14.2. The van der Waals surface area contributed by atoms with Crippen LogP contribution in [0.4, 0.5) is 5.69 Å². The van der Waals surface area contributed by atoms with Crippen molar-refractivity contribution in [2.45, 2.75) is 51.0 Å². The lowest BCUT2D eigenvalue weighted by molar-refractivity contribution is -0.119. The number of sulfonamides is 1. The van der Waals surface area contributed by atoms with Crippen molar-refractivity contribution in [2.24, 2.45) is 0 Å². The lowest BCUT2D eigenvalue weighted by atomic mass is 10.0. The third kappa shape index (κ3) is 6.85. The van der Waals surface area contributed by atoms with Crippen molar-refractivity contribution >= 4 is 21.6 Å². The summed E-state index contributed by atoms with van der Waals surface area (Å²) in [7, 11) is -3.88. The van der Waals surface area contributed by atoms with Crippen molar-refractivity contribution in [3.63, 3.8) is 0 Å². The molecule has 0 saturated carbocycles. The maximum atomic E-state index is 13.3. The Morgan fingerprint density at radius 3 is 2.20 bits per heavy atom. The molecule has 0 aliphatic carbocycles. The first kappa shape index (κ1) is 23.9. The number of benzene rings is 2. The van der Waals surface area contributed by atoms with Gasteiger partial charge in [-0.3, -0.25) is 9.10 Å². The van der Waals surface area contributed by atoms with Crippen molar-refractivity contribution in [1.82, 2.24) is 5.32 Å². The molecule has 2 aromatic rings. The number of nitrogens with zero attached hydrogens (tertiary/aromatic N) is 1. The van der Waals surface area contributed by atoms with E-state index in [4.69, 9.17) is 4.74 Å². The summed E-state index contributed by atoms with van der Waals surface area (Å²) >= 11 is 0. The van der Waals surface area contributed by atoms with Gasteiger partial charge in [-0.2, -0.15) is 0 Å². The van der Waals surface area contributed by atoms with Gasteiger partial charge in [0.05, 0.1) is 16.7 Å². The quantitative estimate of drug-likeness (QED) is 0.546. The van der Waals surface area contributed by atoms with Crippen LogP contribution in [0.3, 0.4) is 0 Å². The number of carbonyl (C=O) groups excluding carboxylic acids is 1. The first-order valence-corrected chi connectivity index (χ1v) is 11.7. The van der Waals surface area contributed by atoms with Gasteiger partial charge in [-0.15, -0.1) is 0 Å². The number of hydrogen-bond acceptors (Lipinski definition) is 4. The van der Waals surface area contributed by atoms with Gasteiger partial charge in [-0.05, 0) is 56.0 Å². The number of hydrogen-bond donors (Lipinski definition) is 1. The maximum Gasteiger partial charge on any atom is 0.264 e. The Morgan fingerprint density at radius 2 is 1.63 bits per heavy atom. The highest BCUT2D eigenvalue weighted by Crippen LogP contribution is 2.25. The molecule has 164 valence electrons. The highest BCUT2D eigenvalue weighted by Gasteiger charge is 2.27. The molecule has 1 N–H and O–H groups in total. The highest BCUT2D eigenvalue weighted by atomic mass is 32.2. The molecular weight excluding hydrogens is 400 g/mol. The van der Waals surface area contributed by atoms with E-state index in [9.17, 15) is 13.2 Å². The number of carbonyl (C=O) groups is 1. The molecule has 0 aliphatic heterocycles. The van der Waals surface area contributed by atoms with Gasteiger partial charge in [0.1, 0.15) is 6.54 Å². The van der Waals surface area contributed by atoms with Gasteiger partial charge < -0.3 is 10.1 Å². The van der Waals surface area contributed by atoms with Gasteiger partial charge in [0.2, 0.25) is 5.91 Å². The zero-order valence-corrected chi connectivity index (χ0v) is 19.0. The van der Waals surface area contributed by atoms with E-state index in [0.29, 0.717) is 31.2 Å². The number of nitrogens with one attached hydrogen (secondary N) is 1. The molecule has 7 heteroatoms. The smallest absolute Gasteiger partial charge is 0.264 e. The van der Waals surface area contributed by atoms with E-state index in [2.05, 4.69) is 19.2 Å². The van der Waals surface area contributed by atoms with Crippen LogP contribution in [0.15, 0.2) is 59.5 Å². The molecule has 0 bridgehead atoms. The Morgan fingerprint density at radius 1 is 1.00 bits per heavy atom. The molecule has 0 saturated heterocycles. The van der Waals surface area contributed by atoms with Crippen LogP contribution in [-0.4, -0.2) is 40.1 Å². The Kier molecular flexibility index (Phi) is 8.87. The van der Waals surface area contributed by atoms with Gasteiger partial charge >= 0.3 is 0 Å². The zero-order chi connectivity index (χ0) is 22.1. The van der Waals surface area contributed by atoms with E-state index < -0.39 is 10.0 Å². The maximum absolute atomic E-state index is 13.3. The second-order valence-electron chi connectivity index (χ2n) is 7.69. The van der Waals surface area contributed by atoms with Crippen molar-refractivity contribution in [3.8, 4) is 0 Å². The molecule has 0 fully saturated rings. The molecule has 0 atom stereocenters. The predicted molar refractivity (Wildman–Crippen MR) is 120 cm³/mol. The minimum absolute atomic E-state index is 0.140. The van der Waals surface area contributed by atoms with Crippen LogP contribution in [0.25, 0.3) is 0 Å². The minimum Gasteiger partial charge on any atom is -0.379 e. The van der Waals surface area contributed by atoms with E-state index in [1.54, 1.807) is 30.3 Å². The van der Waals surface area contributed by atoms with Crippen LogP contribution in [0.2, 0.25) is 0 Å². The van der Waals surface area contributed by atoms with Gasteiger partial charge in [0.25, 0.3) is 10.0 Å². The van der Waals surface area contributed by atoms with E-state index in [-0.39, 0.29) is 23.5 Å². The van der Waals surface area contributed by atoms with Crippen LogP contribution in [0.1, 0.15) is 45.6 Å². The third-order valence-electron chi connectivity index (χ3n) is 4.56. The van der Waals surface area contributed by atoms with Crippen LogP contribution in [0.5, 0.6) is 0 Å². The average Bonchev–Trinajstić information content (AvgIpc) is 2.72. The summed E-state index contributed by atoms with van der Waals surface area (Å²) in [5.41, 5.74) is 1.56. The van der Waals surface area contributed by atoms with Gasteiger partial charge in [-0.1, -0.05) is 44.2 Å². The fourth-order valence-electron chi connectivity index (χ4n) is 2.87. The van der Waals surface area contributed by atoms with Crippen LogP contribution in [0, 0.1) is 0 Å². The SMILES string of the molecule is CC(C)OCCCNC(=O)CN(c1ccc(C(C)C)cc1)S(=O)(=O)c1ccccc1. The molecule has 2 aromatic carbocycles. The molecule has 2 rings (SSSR count). The molecule has 0 heterocycles. The van der Waals surface area contributed by atoms with E-state index in [1.165, 1.54) is 12.1 Å². The second kappa shape index (κ2) is 11.1. The minimum atomic E-state index is -3.88. The number of ether oxygens (including phenoxy) is 1. The van der Waals surface area contributed by atoms with Crippen molar-refractivity contribution in [1.29, 1.82) is 0 Å². The van der Waals surface area contributed by atoms with Gasteiger partial charge in [0.15, 0.2) is 0 Å². The molecule has 0 unspecified atom stereocenters. The van der Waals surface area contributed by atoms with E-state index in [1.807, 2.05) is 26.0 Å². The van der Waals surface area contributed by atoms with E-state index >= 15 is 0 Å². The summed E-state index contributed by atoms with van der Waals surface area (Å²) in [5, 5.41) is 2.78. The molecular formula is C23H32N2O4S. The predicted octanol–water partition coefficient (Wildman–Crippen LogP) is 3.94. The summed E-state index contributed by atoms with van der Waals surface area (Å²) in [4.78, 5) is 12.7. The molecule has 0 radical (unpaired) electrons. The second-order valence-corrected chi connectivity index (χ2v) is 9.56. The average molecular weight is 433 g/mol. The summed E-state index contributed by atoms with van der Waals surface area (Å²) < 4.78 is 33.1. The monoisotopic (exact) mass is 432 g/mol. The molecule has 1 amide bonds. The molecule has 6 nitrogen and oxygen atoms in total. The summed E-state index contributed by atoms with van der Waals surface area (Å²) in [6.07, 6.45) is 0.805. The zero-order valence-electron chi connectivity index (χ0n) is 18.2. The summed E-state index contributed by atoms with van der Waals surface area (Å²) in [6.45, 7) is 8.74. The Labute approximate surface area is 180 Å². The van der Waals surface area contributed by atoms with Crippen molar-refractivity contribution in [3.05, 3.63) is 60.2 Å². The van der Waals surface area contributed by atoms with Crippen LogP contribution < -0.4 is 9.62 Å². The normalized spacial score (nSPS) is 11.7. The Hall–Kier alpha value is -2.38. The molecule has 30 heavy (non-hydrogen) atoms. The topological polar surface area (TPSA) is 75.7 Å². The first-order valence-electron chi connectivity index (χ1n) is 10.3. The lowest BCUT2D eigenvalue weighted by Crippen LogP contribution is -2.41. The molecule has 0 spiro atoms. The highest BCUT2D eigenvalue weighted by molar-refractivity contribution is 7.92. The summed E-state index contributed by atoms with van der Waals surface area (Å²) in [6, 6.07) is 15.5. The van der Waals surface area contributed by atoms with Crippen molar-refractivity contribution in [2.75, 3.05) is 24.0 Å². The molecule has 0 aromatic heterocycles.